The Balaban J connectivity index is 2.02. The highest BCUT2D eigenvalue weighted by Crippen LogP contribution is 2.33. The molecule has 1 amide bonds. The predicted molar refractivity (Wildman–Crippen MR) is 77.7 cm³/mol. The van der Waals surface area contributed by atoms with Gasteiger partial charge in [0.25, 0.3) is 5.91 Å². The molecule has 0 aromatic heterocycles. The van der Waals surface area contributed by atoms with Crippen LogP contribution in [0.1, 0.15) is 10.4 Å². The van der Waals surface area contributed by atoms with Crippen LogP contribution in [0.25, 0.3) is 0 Å². The van der Waals surface area contributed by atoms with E-state index in [1.54, 1.807) is 0 Å². The van der Waals surface area contributed by atoms with E-state index >= 15 is 0 Å². The smallest absolute Gasteiger partial charge is 0.261 e. The number of hydrogen-bond acceptors (Lipinski definition) is 2. The highest BCUT2D eigenvalue weighted by Gasteiger charge is 2.26. The number of rotatable bonds is 1. The van der Waals surface area contributed by atoms with Crippen LogP contribution in [0.3, 0.4) is 0 Å². The zero-order chi connectivity index (χ0) is 15.0. The summed E-state index contributed by atoms with van der Waals surface area (Å²) in [5, 5.41) is 0. The molecule has 0 atom stereocenters. The number of nitrogens with zero attached hydrogens (tertiary/aromatic N) is 1. The number of hydrogen-bond donors (Lipinski definition) is 0. The van der Waals surface area contributed by atoms with Crippen LogP contribution in [0.15, 0.2) is 40.9 Å². The maximum atomic E-state index is 13.9. The monoisotopic (exact) mass is 353 g/mol. The predicted octanol–water partition coefficient (Wildman–Crippen LogP) is 3.77. The Bertz CT molecular complexity index is 721. The number of amides is 1. The fraction of sp³-hybridized carbons (Fsp3) is 0.133. The molecule has 21 heavy (non-hydrogen) atoms. The van der Waals surface area contributed by atoms with Crippen molar-refractivity contribution in [3.63, 3.8) is 0 Å². The second-order valence-corrected chi connectivity index (χ2v) is 5.46. The van der Waals surface area contributed by atoms with Crippen LogP contribution < -0.4 is 9.64 Å². The fourth-order valence-corrected chi connectivity index (χ4v) is 2.57. The zero-order valence-corrected chi connectivity index (χ0v) is 12.4. The van der Waals surface area contributed by atoms with Crippen LogP contribution in [-0.2, 0) is 0 Å². The molecule has 0 bridgehead atoms. The van der Waals surface area contributed by atoms with E-state index in [-0.39, 0.29) is 24.5 Å². The maximum absolute atomic E-state index is 13.9. The van der Waals surface area contributed by atoms with Crippen LogP contribution in [0.4, 0.5) is 14.5 Å². The standard InChI is InChI=1S/C15H10BrF2NO2/c16-9-1-3-12(18)11(7-9)15(20)19-5-6-21-14-8-10(17)2-4-13(14)19/h1-4,7-8H,5-6H2. The van der Waals surface area contributed by atoms with Gasteiger partial charge >= 0.3 is 0 Å². The summed E-state index contributed by atoms with van der Waals surface area (Å²) in [4.78, 5) is 13.9. The average Bonchev–Trinajstić information content (AvgIpc) is 2.48. The van der Waals surface area contributed by atoms with Crippen molar-refractivity contribution in [2.75, 3.05) is 18.1 Å². The van der Waals surface area contributed by atoms with Crippen LogP contribution in [0.2, 0.25) is 0 Å². The van der Waals surface area contributed by atoms with E-state index in [9.17, 15) is 13.6 Å². The van der Waals surface area contributed by atoms with E-state index in [4.69, 9.17) is 4.74 Å². The molecule has 1 aliphatic heterocycles. The average molecular weight is 354 g/mol. The molecule has 1 aliphatic rings. The first-order chi connectivity index (χ1) is 10.1. The molecule has 6 heteroatoms. The van der Waals surface area contributed by atoms with Crippen molar-refractivity contribution in [1.29, 1.82) is 0 Å². The quantitative estimate of drug-likeness (QED) is 0.780. The Labute approximate surface area is 128 Å². The molecule has 0 saturated carbocycles. The van der Waals surface area contributed by atoms with Gasteiger partial charge in [-0.15, -0.1) is 0 Å². The van der Waals surface area contributed by atoms with E-state index < -0.39 is 17.5 Å². The molecule has 0 aliphatic carbocycles. The van der Waals surface area contributed by atoms with Gasteiger partial charge in [-0.1, -0.05) is 15.9 Å². The van der Waals surface area contributed by atoms with E-state index in [2.05, 4.69) is 15.9 Å². The minimum absolute atomic E-state index is 0.0402. The summed E-state index contributed by atoms with van der Waals surface area (Å²) in [6.07, 6.45) is 0. The van der Waals surface area contributed by atoms with Gasteiger partial charge in [-0.3, -0.25) is 4.79 Å². The molecule has 0 fully saturated rings. The van der Waals surface area contributed by atoms with Gasteiger partial charge in [0.05, 0.1) is 17.8 Å². The first-order valence-electron chi connectivity index (χ1n) is 6.25. The van der Waals surface area contributed by atoms with E-state index in [1.165, 1.54) is 41.3 Å². The molecule has 2 aromatic rings. The van der Waals surface area contributed by atoms with Crippen LogP contribution in [0.5, 0.6) is 5.75 Å². The van der Waals surface area contributed by atoms with Crippen molar-refractivity contribution in [1.82, 2.24) is 0 Å². The molecule has 3 rings (SSSR count). The minimum Gasteiger partial charge on any atom is -0.489 e. The second kappa shape index (κ2) is 5.44. The van der Waals surface area contributed by atoms with Gasteiger partial charge in [0.1, 0.15) is 24.0 Å². The summed E-state index contributed by atoms with van der Waals surface area (Å²) in [5.41, 5.74) is 0.397. The third kappa shape index (κ3) is 2.63. The summed E-state index contributed by atoms with van der Waals surface area (Å²) in [6, 6.07) is 8.09. The van der Waals surface area contributed by atoms with E-state index in [0.29, 0.717) is 10.2 Å². The molecule has 0 N–H and O–H groups in total. The topological polar surface area (TPSA) is 29.5 Å². The SMILES string of the molecule is O=C(c1cc(Br)ccc1F)N1CCOc2cc(F)ccc21. The number of benzene rings is 2. The number of ether oxygens (including phenoxy) is 1. The highest BCUT2D eigenvalue weighted by molar-refractivity contribution is 9.10. The lowest BCUT2D eigenvalue weighted by Crippen LogP contribution is -2.38. The van der Waals surface area contributed by atoms with Gasteiger partial charge in [-0.05, 0) is 30.3 Å². The number of carbonyl (C=O) groups is 1. The fourth-order valence-electron chi connectivity index (χ4n) is 2.21. The van der Waals surface area contributed by atoms with Crippen molar-refractivity contribution in [2.24, 2.45) is 0 Å². The molecule has 3 nitrogen and oxygen atoms in total. The molecule has 0 spiro atoms. The molecular formula is C15H10BrF2NO2. The lowest BCUT2D eigenvalue weighted by atomic mass is 10.1. The van der Waals surface area contributed by atoms with Gasteiger partial charge in [-0.25, -0.2) is 8.78 Å². The zero-order valence-electron chi connectivity index (χ0n) is 10.8. The third-order valence-electron chi connectivity index (χ3n) is 3.19. The van der Waals surface area contributed by atoms with Gasteiger partial charge in [0.2, 0.25) is 0 Å². The third-order valence-corrected chi connectivity index (χ3v) is 3.68. The number of carbonyl (C=O) groups excluding carboxylic acids is 1. The first-order valence-corrected chi connectivity index (χ1v) is 7.05. The Morgan fingerprint density at radius 1 is 1.19 bits per heavy atom. The first kappa shape index (κ1) is 14.0. The van der Waals surface area contributed by atoms with Crippen LogP contribution in [0, 0.1) is 11.6 Å². The van der Waals surface area contributed by atoms with Gasteiger partial charge < -0.3 is 9.64 Å². The Kier molecular flexibility index (Phi) is 3.63. The Morgan fingerprint density at radius 3 is 2.81 bits per heavy atom. The Hall–Kier alpha value is -1.95. The molecule has 0 saturated heterocycles. The molecule has 0 radical (unpaired) electrons. The summed E-state index contributed by atoms with van der Waals surface area (Å²) in [5.74, 6) is -1.25. The highest BCUT2D eigenvalue weighted by atomic mass is 79.9. The van der Waals surface area contributed by atoms with Crippen molar-refractivity contribution in [2.45, 2.75) is 0 Å². The number of fused-ring (bicyclic) bond motifs is 1. The molecule has 0 unspecified atom stereocenters. The van der Waals surface area contributed by atoms with E-state index in [0.717, 1.165) is 0 Å². The van der Waals surface area contributed by atoms with Gasteiger partial charge in [0.15, 0.2) is 0 Å². The summed E-state index contributed by atoms with van der Waals surface area (Å²) in [6.45, 7) is 0.515. The number of halogens is 3. The summed E-state index contributed by atoms with van der Waals surface area (Å²) < 4.78 is 33.0. The Morgan fingerprint density at radius 2 is 2.00 bits per heavy atom. The molecule has 1 heterocycles. The lowest BCUT2D eigenvalue weighted by Gasteiger charge is -2.29. The van der Waals surface area contributed by atoms with Crippen molar-refractivity contribution in [3.8, 4) is 5.75 Å². The van der Waals surface area contributed by atoms with Crippen molar-refractivity contribution in [3.05, 3.63) is 58.1 Å². The molecular weight excluding hydrogens is 344 g/mol. The largest absolute Gasteiger partial charge is 0.489 e. The lowest BCUT2D eigenvalue weighted by molar-refractivity contribution is 0.0972. The van der Waals surface area contributed by atoms with Crippen LogP contribution >= 0.6 is 15.9 Å². The summed E-state index contributed by atoms with van der Waals surface area (Å²) in [7, 11) is 0. The molecule has 2 aromatic carbocycles. The van der Waals surface area contributed by atoms with Gasteiger partial charge in [0, 0.05) is 10.5 Å². The van der Waals surface area contributed by atoms with Crippen molar-refractivity contribution >= 4 is 27.5 Å². The van der Waals surface area contributed by atoms with E-state index in [1.807, 2.05) is 0 Å². The minimum atomic E-state index is -0.599. The number of anilines is 1. The van der Waals surface area contributed by atoms with Crippen molar-refractivity contribution < 1.29 is 18.3 Å². The van der Waals surface area contributed by atoms with Crippen LogP contribution in [-0.4, -0.2) is 19.1 Å². The maximum Gasteiger partial charge on any atom is 0.261 e. The normalized spacial score (nSPS) is 13.6. The second-order valence-electron chi connectivity index (χ2n) is 4.54. The van der Waals surface area contributed by atoms with Gasteiger partial charge in [-0.2, -0.15) is 0 Å². The summed E-state index contributed by atoms with van der Waals surface area (Å²) >= 11 is 3.22. The molecule has 108 valence electrons.